The van der Waals surface area contributed by atoms with E-state index in [9.17, 15) is 9.18 Å². The molecule has 0 saturated carbocycles. The minimum atomic E-state index is -0.251. The first kappa shape index (κ1) is 22.5. The first-order chi connectivity index (χ1) is 15.7. The van der Waals surface area contributed by atoms with Crippen molar-refractivity contribution in [3.63, 3.8) is 0 Å². The van der Waals surface area contributed by atoms with Gasteiger partial charge in [-0.2, -0.15) is 5.10 Å². The normalized spacial score (nSPS) is 11.9. The van der Waals surface area contributed by atoms with Crippen LogP contribution in [-0.2, 0) is 12.0 Å². The van der Waals surface area contributed by atoms with Crippen molar-refractivity contribution >= 4 is 23.0 Å². The van der Waals surface area contributed by atoms with Gasteiger partial charge in [-0.3, -0.25) is 4.79 Å². The highest BCUT2D eigenvalue weighted by atomic mass is 19.1. The number of aromatic nitrogens is 1. The Morgan fingerprint density at radius 3 is 2.33 bits per heavy atom. The van der Waals surface area contributed by atoms with Crippen LogP contribution in [0.5, 0.6) is 0 Å². The molecule has 1 aromatic heterocycles. The van der Waals surface area contributed by atoms with Gasteiger partial charge in [-0.1, -0.05) is 63.2 Å². The summed E-state index contributed by atoms with van der Waals surface area (Å²) >= 11 is 0. The maximum atomic E-state index is 13.3. The summed E-state index contributed by atoms with van der Waals surface area (Å²) in [5.74, 6) is -0.496. The summed E-state index contributed by atoms with van der Waals surface area (Å²) in [6.45, 7) is 9.06. The van der Waals surface area contributed by atoms with Crippen LogP contribution in [0.15, 0.2) is 77.9 Å². The number of para-hydroxylation sites is 1. The van der Waals surface area contributed by atoms with Gasteiger partial charge in [0.15, 0.2) is 0 Å². The number of carbonyl (C=O) groups excluding carboxylic acids is 1. The van der Waals surface area contributed by atoms with E-state index < -0.39 is 0 Å². The molecule has 4 rings (SSSR count). The molecular weight excluding hydrogens is 413 g/mol. The minimum Gasteiger partial charge on any atom is -0.340 e. The second-order valence-electron chi connectivity index (χ2n) is 9.26. The predicted octanol–water partition coefficient (Wildman–Crippen LogP) is 6.20. The van der Waals surface area contributed by atoms with Crippen LogP contribution in [0.4, 0.5) is 4.39 Å². The number of fused-ring (bicyclic) bond motifs is 1. The number of benzene rings is 3. The molecular formula is C28H28FN3O. The van der Waals surface area contributed by atoms with Crippen LogP contribution in [0.1, 0.15) is 53.5 Å². The van der Waals surface area contributed by atoms with Crippen molar-refractivity contribution in [1.82, 2.24) is 9.99 Å². The first-order valence-corrected chi connectivity index (χ1v) is 11.0. The quantitative estimate of drug-likeness (QED) is 0.291. The second kappa shape index (κ2) is 9.02. The Labute approximate surface area is 193 Å². The van der Waals surface area contributed by atoms with E-state index in [1.54, 1.807) is 18.3 Å². The second-order valence-corrected chi connectivity index (χ2v) is 9.26. The van der Waals surface area contributed by atoms with Crippen molar-refractivity contribution in [1.29, 1.82) is 0 Å². The Hall–Kier alpha value is -3.73. The van der Waals surface area contributed by atoms with E-state index in [0.717, 1.165) is 27.7 Å². The topological polar surface area (TPSA) is 46.4 Å². The van der Waals surface area contributed by atoms with Crippen molar-refractivity contribution in [2.24, 2.45) is 5.10 Å². The Bertz CT molecular complexity index is 1310. The lowest BCUT2D eigenvalue weighted by Crippen LogP contribution is -2.18. The molecule has 4 nitrogen and oxygen atoms in total. The summed E-state index contributed by atoms with van der Waals surface area (Å²) in [6, 6.07) is 22.2. The molecule has 33 heavy (non-hydrogen) atoms. The zero-order valence-corrected chi connectivity index (χ0v) is 19.4. The van der Waals surface area contributed by atoms with E-state index in [0.29, 0.717) is 12.1 Å². The average molecular weight is 442 g/mol. The van der Waals surface area contributed by atoms with Gasteiger partial charge >= 0.3 is 0 Å². The Balaban J connectivity index is 1.56. The van der Waals surface area contributed by atoms with Crippen molar-refractivity contribution in [2.75, 3.05) is 0 Å². The van der Waals surface area contributed by atoms with E-state index in [4.69, 9.17) is 0 Å². The molecule has 0 fully saturated rings. The average Bonchev–Trinajstić information content (AvgIpc) is 3.06. The van der Waals surface area contributed by atoms with E-state index in [1.807, 2.05) is 49.4 Å². The number of carbonyl (C=O) groups is 1. The van der Waals surface area contributed by atoms with Crippen molar-refractivity contribution in [3.8, 4) is 0 Å². The fourth-order valence-electron chi connectivity index (χ4n) is 3.94. The highest BCUT2D eigenvalue weighted by Gasteiger charge is 2.15. The molecule has 1 amide bonds. The smallest absolute Gasteiger partial charge is 0.271 e. The molecule has 168 valence electrons. The molecule has 0 bridgehead atoms. The summed E-state index contributed by atoms with van der Waals surface area (Å²) in [4.78, 5) is 12.6. The van der Waals surface area contributed by atoms with Gasteiger partial charge in [0.05, 0.1) is 6.21 Å². The maximum absolute atomic E-state index is 13.3. The summed E-state index contributed by atoms with van der Waals surface area (Å²) < 4.78 is 15.5. The van der Waals surface area contributed by atoms with Gasteiger partial charge in [0, 0.05) is 34.3 Å². The third-order valence-electron chi connectivity index (χ3n) is 5.91. The van der Waals surface area contributed by atoms with Crippen molar-refractivity contribution in [3.05, 3.63) is 107 Å². The number of hydrazone groups is 1. The van der Waals surface area contributed by atoms with Gasteiger partial charge < -0.3 is 4.57 Å². The van der Waals surface area contributed by atoms with Gasteiger partial charge in [-0.25, -0.2) is 9.82 Å². The van der Waals surface area contributed by atoms with Gasteiger partial charge in [-0.15, -0.1) is 0 Å². The van der Waals surface area contributed by atoms with Gasteiger partial charge in [0.25, 0.3) is 5.91 Å². The lowest BCUT2D eigenvalue weighted by atomic mass is 9.87. The number of rotatable bonds is 5. The first-order valence-electron chi connectivity index (χ1n) is 11.0. The molecule has 4 aromatic rings. The van der Waals surface area contributed by atoms with Crippen LogP contribution in [0, 0.1) is 12.7 Å². The van der Waals surface area contributed by atoms with Gasteiger partial charge in [0.1, 0.15) is 5.82 Å². The SMILES string of the molecule is Cc1c(/C=N\NC(=O)c2ccc(C(C)(C)C)cc2)c2ccccc2n1Cc1ccc(F)cc1. The predicted molar refractivity (Wildman–Crippen MR) is 132 cm³/mol. The van der Waals surface area contributed by atoms with E-state index in [1.165, 1.54) is 17.7 Å². The molecule has 0 saturated heterocycles. The highest BCUT2D eigenvalue weighted by molar-refractivity contribution is 6.02. The van der Waals surface area contributed by atoms with Crippen LogP contribution in [-0.4, -0.2) is 16.7 Å². The molecule has 0 aliphatic rings. The lowest BCUT2D eigenvalue weighted by molar-refractivity contribution is 0.0955. The summed E-state index contributed by atoms with van der Waals surface area (Å²) in [7, 11) is 0. The van der Waals surface area contributed by atoms with Crippen LogP contribution in [0.25, 0.3) is 10.9 Å². The molecule has 0 radical (unpaired) electrons. The minimum absolute atomic E-state index is 0.0345. The highest BCUT2D eigenvalue weighted by Crippen LogP contribution is 2.26. The fourth-order valence-corrected chi connectivity index (χ4v) is 3.94. The van der Waals surface area contributed by atoms with Crippen LogP contribution in [0.3, 0.4) is 0 Å². The molecule has 0 spiro atoms. The largest absolute Gasteiger partial charge is 0.340 e. The van der Waals surface area contributed by atoms with Crippen LogP contribution >= 0.6 is 0 Å². The zero-order valence-electron chi connectivity index (χ0n) is 19.4. The summed E-state index contributed by atoms with van der Waals surface area (Å²) in [5, 5.41) is 5.29. The molecule has 0 unspecified atom stereocenters. The number of hydrogen-bond donors (Lipinski definition) is 1. The molecule has 3 aromatic carbocycles. The number of nitrogens with one attached hydrogen (secondary N) is 1. The van der Waals surface area contributed by atoms with Crippen LogP contribution < -0.4 is 5.43 Å². The van der Waals surface area contributed by atoms with Crippen molar-refractivity contribution in [2.45, 2.75) is 39.7 Å². The summed E-state index contributed by atoms with van der Waals surface area (Å²) in [6.07, 6.45) is 1.69. The Kier molecular flexibility index (Phi) is 6.14. The fraction of sp³-hybridized carbons (Fsp3) is 0.214. The molecule has 1 heterocycles. The lowest BCUT2D eigenvalue weighted by Gasteiger charge is -2.18. The standard InChI is InChI=1S/C28H28FN3O/c1-19-25(17-30-31-27(33)21-11-13-22(14-12-21)28(2,3)4)24-7-5-6-8-26(24)32(19)18-20-9-15-23(29)16-10-20/h5-17H,18H2,1-4H3,(H,31,33)/b30-17-. The third kappa shape index (κ3) is 4.87. The van der Waals surface area contributed by atoms with Gasteiger partial charge in [0.2, 0.25) is 0 Å². The molecule has 0 aliphatic heterocycles. The van der Waals surface area contributed by atoms with Gasteiger partial charge in [-0.05, 0) is 53.8 Å². The van der Waals surface area contributed by atoms with E-state index in [2.05, 4.69) is 41.9 Å². The summed E-state index contributed by atoms with van der Waals surface area (Å²) in [5.41, 5.74) is 8.45. The Morgan fingerprint density at radius 2 is 1.67 bits per heavy atom. The molecule has 1 N–H and O–H groups in total. The number of hydrogen-bond acceptors (Lipinski definition) is 2. The molecule has 5 heteroatoms. The zero-order chi connectivity index (χ0) is 23.6. The molecule has 0 aliphatic carbocycles. The monoisotopic (exact) mass is 441 g/mol. The third-order valence-corrected chi connectivity index (χ3v) is 5.91. The van der Waals surface area contributed by atoms with E-state index in [-0.39, 0.29) is 17.1 Å². The number of nitrogens with zero attached hydrogens (tertiary/aromatic N) is 2. The van der Waals surface area contributed by atoms with Crippen molar-refractivity contribution < 1.29 is 9.18 Å². The maximum Gasteiger partial charge on any atom is 0.271 e. The van der Waals surface area contributed by atoms with E-state index >= 15 is 0 Å². The number of amides is 1. The number of halogens is 1. The Morgan fingerprint density at radius 1 is 1.00 bits per heavy atom. The van der Waals surface area contributed by atoms with Crippen LogP contribution in [0.2, 0.25) is 0 Å². The molecule has 0 atom stereocenters.